The molecule has 0 aromatic carbocycles. The summed E-state index contributed by atoms with van der Waals surface area (Å²) in [5.74, 6) is 0.921. The lowest BCUT2D eigenvalue weighted by molar-refractivity contribution is -0.119. The van der Waals surface area contributed by atoms with Gasteiger partial charge in [-0.3, -0.25) is 9.59 Å². The smallest absolute Gasteiger partial charge is 0.270 e. The van der Waals surface area contributed by atoms with Crippen LogP contribution < -0.4 is 15.8 Å². The van der Waals surface area contributed by atoms with E-state index >= 15 is 0 Å². The van der Waals surface area contributed by atoms with Crippen LogP contribution in [0.4, 0.5) is 0 Å². The van der Waals surface area contributed by atoms with Crippen molar-refractivity contribution in [2.75, 3.05) is 19.8 Å². The van der Waals surface area contributed by atoms with Crippen molar-refractivity contribution < 1.29 is 19.1 Å². The van der Waals surface area contributed by atoms with Crippen molar-refractivity contribution in [3.8, 4) is 5.88 Å². The Morgan fingerprint density at radius 2 is 2.12 bits per heavy atom. The molecule has 7 nitrogen and oxygen atoms in total. The number of carbonyl (C=O) groups is 2. The van der Waals surface area contributed by atoms with Gasteiger partial charge >= 0.3 is 0 Å². The normalized spacial score (nSPS) is 25.1. The Bertz CT molecular complexity index is 707. The molecule has 140 valence electrons. The molecule has 1 atom stereocenters. The number of primary amides is 1. The van der Waals surface area contributed by atoms with Gasteiger partial charge in [-0.15, -0.1) is 0 Å². The molecule has 3 fully saturated rings. The number of nitrogens with one attached hydrogen (secondary N) is 1. The van der Waals surface area contributed by atoms with Crippen molar-refractivity contribution in [2.24, 2.45) is 11.7 Å². The lowest BCUT2D eigenvalue weighted by Gasteiger charge is -2.27. The second-order valence-electron chi connectivity index (χ2n) is 7.80. The number of ether oxygens (including phenoxy) is 2. The van der Waals surface area contributed by atoms with E-state index in [1.807, 2.05) is 6.07 Å². The van der Waals surface area contributed by atoms with Crippen molar-refractivity contribution in [3.05, 3.63) is 23.4 Å². The van der Waals surface area contributed by atoms with Crippen LogP contribution in [0.5, 0.6) is 5.88 Å². The summed E-state index contributed by atoms with van der Waals surface area (Å²) in [6.07, 6.45) is 5.32. The molecule has 26 heavy (non-hydrogen) atoms. The van der Waals surface area contributed by atoms with E-state index < -0.39 is 11.4 Å². The highest BCUT2D eigenvalue weighted by atomic mass is 16.5. The molecule has 3 N–H and O–H groups in total. The molecule has 1 aromatic rings. The van der Waals surface area contributed by atoms with E-state index in [0.29, 0.717) is 43.0 Å². The van der Waals surface area contributed by atoms with Gasteiger partial charge in [-0.2, -0.15) is 0 Å². The van der Waals surface area contributed by atoms with E-state index in [0.717, 1.165) is 18.4 Å². The summed E-state index contributed by atoms with van der Waals surface area (Å²) in [6.45, 7) is 1.45. The highest BCUT2D eigenvalue weighted by Gasteiger charge is 2.38. The molecule has 1 saturated heterocycles. The Morgan fingerprint density at radius 3 is 2.73 bits per heavy atom. The van der Waals surface area contributed by atoms with E-state index in [1.54, 1.807) is 6.07 Å². The Hall–Kier alpha value is -2.15. The first kappa shape index (κ1) is 17.3. The van der Waals surface area contributed by atoms with Gasteiger partial charge < -0.3 is 20.5 Å². The lowest BCUT2D eigenvalue weighted by atomic mass is 9.93. The molecule has 1 unspecified atom stereocenters. The van der Waals surface area contributed by atoms with Gasteiger partial charge in [0.05, 0.1) is 25.2 Å². The maximum atomic E-state index is 12.7. The van der Waals surface area contributed by atoms with Crippen LogP contribution in [0.1, 0.15) is 60.5 Å². The van der Waals surface area contributed by atoms with E-state index in [-0.39, 0.29) is 18.9 Å². The van der Waals surface area contributed by atoms with Crippen molar-refractivity contribution in [3.63, 3.8) is 0 Å². The number of hydrogen-bond acceptors (Lipinski definition) is 5. The largest absolute Gasteiger partial charge is 0.477 e. The summed E-state index contributed by atoms with van der Waals surface area (Å²) in [4.78, 5) is 28.6. The summed E-state index contributed by atoms with van der Waals surface area (Å²) >= 11 is 0. The Kier molecular flexibility index (Phi) is 4.56. The van der Waals surface area contributed by atoms with E-state index in [2.05, 4.69) is 10.3 Å². The van der Waals surface area contributed by atoms with Gasteiger partial charge in [-0.25, -0.2) is 4.98 Å². The number of nitrogens with two attached hydrogens (primary N) is 1. The van der Waals surface area contributed by atoms with Crippen LogP contribution in [-0.4, -0.2) is 42.2 Å². The second-order valence-corrected chi connectivity index (χ2v) is 7.80. The second kappa shape index (κ2) is 6.87. The fraction of sp³-hybridized carbons (Fsp3) is 0.632. The maximum absolute atomic E-state index is 12.7. The molecule has 1 aromatic heterocycles. The fourth-order valence-corrected chi connectivity index (χ4v) is 3.41. The van der Waals surface area contributed by atoms with E-state index in [4.69, 9.17) is 15.2 Å². The Morgan fingerprint density at radius 1 is 1.31 bits per heavy atom. The minimum Gasteiger partial charge on any atom is -0.477 e. The molecular formula is C19H25N3O4. The molecule has 2 aliphatic carbocycles. The van der Waals surface area contributed by atoms with Gasteiger partial charge in [-0.05, 0) is 50.0 Å². The van der Waals surface area contributed by atoms with Gasteiger partial charge in [0.2, 0.25) is 11.8 Å². The average molecular weight is 359 g/mol. The molecule has 2 heterocycles. The van der Waals surface area contributed by atoms with Crippen molar-refractivity contribution in [2.45, 2.75) is 50.0 Å². The summed E-state index contributed by atoms with van der Waals surface area (Å²) < 4.78 is 11.3. The number of pyridine rings is 1. The average Bonchev–Trinajstić information content (AvgIpc) is 3.52. The lowest BCUT2D eigenvalue weighted by Crippen LogP contribution is -2.51. The highest BCUT2D eigenvalue weighted by Crippen LogP contribution is 2.44. The molecule has 2 saturated carbocycles. The van der Waals surface area contributed by atoms with Crippen molar-refractivity contribution in [1.29, 1.82) is 0 Å². The minimum atomic E-state index is -0.741. The van der Waals surface area contributed by atoms with Crippen molar-refractivity contribution >= 4 is 11.8 Å². The number of amides is 2. The molecule has 3 aliphatic rings. The molecular weight excluding hydrogens is 334 g/mol. The van der Waals surface area contributed by atoms with Crippen LogP contribution in [0, 0.1) is 5.92 Å². The van der Waals surface area contributed by atoms with Gasteiger partial charge in [0.25, 0.3) is 5.91 Å². The SMILES string of the molecule is NC(=O)CC1(NC(=O)c2ccc(C3CC3)c(OCC3CC3)n2)CCOC1. The summed E-state index contributed by atoms with van der Waals surface area (Å²) in [5.41, 5.74) is 6.00. The quantitative estimate of drug-likeness (QED) is 0.732. The molecule has 0 bridgehead atoms. The fourth-order valence-electron chi connectivity index (χ4n) is 3.41. The zero-order valence-electron chi connectivity index (χ0n) is 14.8. The van der Waals surface area contributed by atoms with Crippen molar-refractivity contribution in [1.82, 2.24) is 10.3 Å². The number of carbonyl (C=O) groups excluding carboxylic acids is 2. The predicted octanol–water partition coefficient (Wildman–Crippen LogP) is 1.51. The van der Waals surface area contributed by atoms with Crippen LogP contribution in [0.15, 0.2) is 12.1 Å². The molecule has 0 radical (unpaired) electrons. The van der Waals surface area contributed by atoms with Gasteiger partial charge in [-0.1, -0.05) is 6.07 Å². The Labute approximate surface area is 152 Å². The van der Waals surface area contributed by atoms with Crippen LogP contribution in [0.3, 0.4) is 0 Å². The topological polar surface area (TPSA) is 104 Å². The predicted molar refractivity (Wildman–Crippen MR) is 93.9 cm³/mol. The third kappa shape index (κ3) is 3.98. The Balaban J connectivity index is 1.50. The standard InChI is InChI=1S/C19H25N3O4/c20-16(23)9-19(7-8-25-11-19)22-17(24)15-6-5-14(13-3-4-13)18(21-15)26-10-12-1-2-12/h5-6,12-13H,1-4,7-11H2,(H2,20,23)(H,22,24). The summed E-state index contributed by atoms with van der Waals surface area (Å²) in [5, 5.41) is 2.93. The highest BCUT2D eigenvalue weighted by molar-refractivity contribution is 5.93. The maximum Gasteiger partial charge on any atom is 0.270 e. The van der Waals surface area contributed by atoms with Gasteiger partial charge in [0, 0.05) is 12.2 Å². The first-order valence-corrected chi connectivity index (χ1v) is 9.37. The molecule has 0 spiro atoms. The van der Waals surface area contributed by atoms with Crippen LogP contribution in [0.2, 0.25) is 0 Å². The number of rotatable bonds is 8. The molecule has 4 rings (SSSR count). The number of hydrogen-bond donors (Lipinski definition) is 2. The third-order valence-corrected chi connectivity index (χ3v) is 5.29. The van der Waals surface area contributed by atoms with E-state index in [9.17, 15) is 9.59 Å². The summed E-state index contributed by atoms with van der Waals surface area (Å²) in [6, 6.07) is 3.69. The van der Waals surface area contributed by atoms with Gasteiger partial charge in [0.1, 0.15) is 5.69 Å². The van der Waals surface area contributed by atoms with Crippen LogP contribution >= 0.6 is 0 Å². The zero-order valence-corrected chi connectivity index (χ0v) is 14.8. The molecule has 7 heteroatoms. The minimum absolute atomic E-state index is 0.0595. The summed E-state index contributed by atoms with van der Waals surface area (Å²) in [7, 11) is 0. The van der Waals surface area contributed by atoms with E-state index in [1.165, 1.54) is 12.8 Å². The zero-order chi connectivity index (χ0) is 18.1. The first-order chi connectivity index (χ1) is 12.5. The number of nitrogens with zero attached hydrogens (tertiary/aromatic N) is 1. The first-order valence-electron chi connectivity index (χ1n) is 9.37. The van der Waals surface area contributed by atoms with Crippen LogP contribution in [0.25, 0.3) is 0 Å². The molecule has 1 aliphatic heterocycles. The monoisotopic (exact) mass is 359 g/mol. The van der Waals surface area contributed by atoms with Crippen LogP contribution in [-0.2, 0) is 9.53 Å². The molecule has 2 amide bonds. The third-order valence-electron chi connectivity index (χ3n) is 5.29. The number of aromatic nitrogens is 1. The van der Waals surface area contributed by atoms with Gasteiger partial charge in [0.15, 0.2) is 0 Å².